The Balaban J connectivity index is 2.34. The predicted octanol–water partition coefficient (Wildman–Crippen LogP) is 1.37. The number of hydrogen-bond acceptors (Lipinski definition) is 3. The fourth-order valence-corrected chi connectivity index (χ4v) is 1.71. The average molecular weight is 177 g/mol. The summed E-state index contributed by atoms with van der Waals surface area (Å²) < 4.78 is 0. The molecule has 2 rings (SSSR count). The summed E-state index contributed by atoms with van der Waals surface area (Å²) in [5, 5.41) is 0. The monoisotopic (exact) mass is 177 g/mol. The Kier molecular flexibility index (Phi) is 1.52. The topological polar surface area (TPSA) is 51.8 Å². The van der Waals surface area contributed by atoms with E-state index in [1.807, 2.05) is 6.92 Å². The van der Waals surface area contributed by atoms with Gasteiger partial charge >= 0.3 is 0 Å². The van der Waals surface area contributed by atoms with Crippen LogP contribution in [-0.2, 0) is 5.54 Å². The van der Waals surface area contributed by atoms with Crippen LogP contribution in [0, 0.1) is 12.3 Å². The van der Waals surface area contributed by atoms with Gasteiger partial charge in [-0.3, -0.25) is 9.97 Å². The van der Waals surface area contributed by atoms with Crippen molar-refractivity contribution in [2.24, 2.45) is 11.1 Å². The third-order valence-electron chi connectivity index (χ3n) is 3.04. The van der Waals surface area contributed by atoms with Crippen molar-refractivity contribution in [2.45, 2.75) is 32.7 Å². The molecule has 0 aliphatic heterocycles. The summed E-state index contributed by atoms with van der Waals surface area (Å²) in [7, 11) is 0. The number of rotatable bonds is 1. The van der Waals surface area contributed by atoms with Crippen LogP contribution in [-0.4, -0.2) is 9.97 Å². The van der Waals surface area contributed by atoms with Gasteiger partial charge in [0.2, 0.25) is 0 Å². The molecule has 13 heavy (non-hydrogen) atoms. The van der Waals surface area contributed by atoms with Crippen LogP contribution in [0.25, 0.3) is 0 Å². The van der Waals surface area contributed by atoms with Crippen molar-refractivity contribution < 1.29 is 0 Å². The Morgan fingerprint density at radius 2 is 1.92 bits per heavy atom. The minimum Gasteiger partial charge on any atom is -0.320 e. The van der Waals surface area contributed by atoms with Crippen molar-refractivity contribution in [3.8, 4) is 0 Å². The fraction of sp³-hybridized carbons (Fsp3) is 0.600. The van der Waals surface area contributed by atoms with Gasteiger partial charge in [-0.2, -0.15) is 0 Å². The Morgan fingerprint density at radius 1 is 1.31 bits per heavy atom. The zero-order valence-corrected chi connectivity index (χ0v) is 8.33. The molecule has 1 heterocycles. The fourth-order valence-electron chi connectivity index (χ4n) is 1.71. The third kappa shape index (κ3) is 1.15. The Morgan fingerprint density at radius 3 is 2.31 bits per heavy atom. The highest BCUT2D eigenvalue weighted by atomic mass is 15.0. The van der Waals surface area contributed by atoms with Gasteiger partial charge in [-0.25, -0.2) is 0 Å². The van der Waals surface area contributed by atoms with Crippen molar-refractivity contribution in [1.29, 1.82) is 0 Å². The van der Waals surface area contributed by atoms with Gasteiger partial charge in [-0.05, 0) is 18.8 Å². The average Bonchev–Trinajstić information content (AvgIpc) is 2.53. The van der Waals surface area contributed by atoms with E-state index in [0.717, 1.165) is 17.8 Å². The molecular weight excluding hydrogens is 162 g/mol. The van der Waals surface area contributed by atoms with Crippen molar-refractivity contribution in [2.75, 3.05) is 0 Å². The number of nitrogens with two attached hydrogens (primary N) is 1. The SMILES string of the molecule is Cc1cnc(C2(N)CC2(C)C)cn1. The van der Waals surface area contributed by atoms with E-state index in [2.05, 4.69) is 23.8 Å². The molecule has 70 valence electrons. The lowest BCUT2D eigenvalue weighted by Crippen LogP contribution is -2.26. The van der Waals surface area contributed by atoms with Crippen LogP contribution in [0.4, 0.5) is 0 Å². The molecule has 1 atom stereocenters. The summed E-state index contributed by atoms with van der Waals surface area (Å²) in [6.07, 6.45) is 4.57. The van der Waals surface area contributed by atoms with Crippen molar-refractivity contribution in [3.05, 3.63) is 23.8 Å². The molecule has 0 spiro atoms. The van der Waals surface area contributed by atoms with Gasteiger partial charge in [0.05, 0.1) is 23.1 Å². The van der Waals surface area contributed by atoms with E-state index >= 15 is 0 Å². The summed E-state index contributed by atoms with van der Waals surface area (Å²) in [6.45, 7) is 6.25. The van der Waals surface area contributed by atoms with Gasteiger partial charge in [0, 0.05) is 6.20 Å². The molecule has 0 amide bonds. The summed E-state index contributed by atoms with van der Waals surface area (Å²) in [6, 6.07) is 0. The molecule has 1 unspecified atom stereocenters. The maximum atomic E-state index is 6.19. The van der Waals surface area contributed by atoms with E-state index < -0.39 is 0 Å². The van der Waals surface area contributed by atoms with Gasteiger partial charge in [-0.15, -0.1) is 0 Å². The second-order valence-corrected chi connectivity index (χ2v) is 4.58. The van der Waals surface area contributed by atoms with E-state index in [1.165, 1.54) is 0 Å². The number of aromatic nitrogens is 2. The van der Waals surface area contributed by atoms with Gasteiger partial charge in [0.15, 0.2) is 0 Å². The van der Waals surface area contributed by atoms with Crippen LogP contribution in [0.5, 0.6) is 0 Å². The van der Waals surface area contributed by atoms with Crippen LogP contribution >= 0.6 is 0 Å². The van der Waals surface area contributed by atoms with Crippen LogP contribution in [0.15, 0.2) is 12.4 Å². The predicted molar refractivity (Wildman–Crippen MR) is 51.0 cm³/mol. The van der Waals surface area contributed by atoms with Gasteiger partial charge in [0.25, 0.3) is 0 Å². The molecule has 1 aliphatic rings. The minimum atomic E-state index is -0.242. The van der Waals surface area contributed by atoms with Crippen LogP contribution in [0.1, 0.15) is 31.7 Å². The highest BCUT2D eigenvalue weighted by Gasteiger charge is 2.60. The summed E-state index contributed by atoms with van der Waals surface area (Å²) >= 11 is 0. The maximum absolute atomic E-state index is 6.19. The first-order valence-corrected chi connectivity index (χ1v) is 4.54. The Labute approximate surface area is 78.4 Å². The van der Waals surface area contributed by atoms with Crippen molar-refractivity contribution >= 4 is 0 Å². The first-order chi connectivity index (χ1) is 5.96. The first-order valence-electron chi connectivity index (χ1n) is 4.54. The largest absolute Gasteiger partial charge is 0.320 e. The molecule has 1 aromatic rings. The minimum absolute atomic E-state index is 0.178. The van der Waals surface area contributed by atoms with Gasteiger partial charge < -0.3 is 5.73 Å². The first kappa shape index (κ1) is 8.63. The van der Waals surface area contributed by atoms with E-state index in [1.54, 1.807) is 12.4 Å². The van der Waals surface area contributed by atoms with Crippen molar-refractivity contribution in [3.63, 3.8) is 0 Å². The van der Waals surface area contributed by atoms with E-state index in [4.69, 9.17) is 5.73 Å². The number of nitrogens with zero attached hydrogens (tertiary/aromatic N) is 2. The third-order valence-corrected chi connectivity index (χ3v) is 3.04. The lowest BCUT2D eigenvalue weighted by molar-refractivity contribution is 0.498. The second kappa shape index (κ2) is 2.29. The van der Waals surface area contributed by atoms with Crippen LogP contribution in [0.2, 0.25) is 0 Å². The Hall–Kier alpha value is -0.960. The highest BCUT2D eigenvalue weighted by molar-refractivity contribution is 5.27. The quantitative estimate of drug-likeness (QED) is 0.704. The zero-order valence-electron chi connectivity index (χ0n) is 8.33. The van der Waals surface area contributed by atoms with E-state index in [-0.39, 0.29) is 11.0 Å². The molecule has 1 fully saturated rings. The van der Waals surface area contributed by atoms with Crippen molar-refractivity contribution in [1.82, 2.24) is 9.97 Å². The van der Waals surface area contributed by atoms with Gasteiger partial charge in [0.1, 0.15) is 0 Å². The van der Waals surface area contributed by atoms with Crippen LogP contribution in [0.3, 0.4) is 0 Å². The molecular formula is C10H15N3. The lowest BCUT2D eigenvalue weighted by atomic mass is 10.0. The highest BCUT2D eigenvalue weighted by Crippen LogP contribution is 2.59. The smallest absolute Gasteiger partial charge is 0.0791 e. The molecule has 0 bridgehead atoms. The molecule has 1 aromatic heterocycles. The maximum Gasteiger partial charge on any atom is 0.0791 e. The molecule has 3 heteroatoms. The summed E-state index contributed by atoms with van der Waals surface area (Å²) in [5.41, 5.74) is 7.98. The number of hydrogen-bond donors (Lipinski definition) is 1. The normalized spacial score (nSPS) is 30.2. The molecule has 3 nitrogen and oxygen atoms in total. The summed E-state index contributed by atoms with van der Waals surface area (Å²) in [5.74, 6) is 0. The van der Waals surface area contributed by atoms with E-state index in [0.29, 0.717) is 0 Å². The standard InChI is InChI=1S/C10H15N3/c1-7-4-13-8(5-12-7)10(11)6-9(10,2)3/h4-5H,6,11H2,1-3H3. The second-order valence-electron chi connectivity index (χ2n) is 4.58. The Bertz CT molecular complexity index is 329. The lowest BCUT2D eigenvalue weighted by Gasteiger charge is -2.13. The van der Waals surface area contributed by atoms with E-state index in [9.17, 15) is 0 Å². The van der Waals surface area contributed by atoms with Gasteiger partial charge in [-0.1, -0.05) is 13.8 Å². The molecule has 1 aliphatic carbocycles. The molecule has 0 saturated heterocycles. The molecule has 0 radical (unpaired) electrons. The molecule has 2 N–H and O–H groups in total. The molecule has 1 saturated carbocycles. The number of aryl methyl sites for hydroxylation is 1. The molecule has 0 aromatic carbocycles. The van der Waals surface area contributed by atoms with Crippen LogP contribution < -0.4 is 5.73 Å². The zero-order chi connectivity index (χ0) is 9.69. The summed E-state index contributed by atoms with van der Waals surface area (Å²) in [4.78, 5) is 8.53.